The first-order chi connectivity index (χ1) is 22.7. The van der Waals surface area contributed by atoms with E-state index in [2.05, 4.69) is 10.0 Å². The van der Waals surface area contributed by atoms with Gasteiger partial charge in [0.15, 0.2) is 0 Å². The molecular formula is C37H44ClN3O6S. The Kier molecular flexibility index (Phi) is 11.0. The van der Waals surface area contributed by atoms with Crippen molar-refractivity contribution < 1.29 is 27.5 Å². The van der Waals surface area contributed by atoms with Crippen LogP contribution in [0.25, 0.3) is 0 Å². The second-order valence-electron chi connectivity index (χ2n) is 13.7. The highest BCUT2D eigenvalue weighted by atomic mass is 35.5. The van der Waals surface area contributed by atoms with Crippen LogP contribution in [0.1, 0.15) is 91.0 Å². The Morgan fingerprint density at radius 1 is 0.938 bits per heavy atom. The Labute approximate surface area is 288 Å². The Balaban J connectivity index is 1.41. The lowest BCUT2D eigenvalue weighted by Crippen LogP contribution is -2.59. The van der Waals surface area contributed by atoms with Crippen LogP contribution in [0.3, 0.4) is 0 Å². The van der Waals surface area contributed by atoms with E-state index in [4.69, 9.17) is 16.3 Å². The van der Waals surface area contributed by atoms with Crippen LogP contribution in [-0.4, -0.2) is 61.6 Å². The number of halogens is 1. The van der Waals surface area contributed by atoms with Crippen molar-refractivity contribution in [3.8, 4) is 0 Å². The maximum Gasteiger partial charge on any atom is 0.310 e. The largest absolute Gasteiger partial charge is 0.460 e. The minimum Gasteiger partial charge on any atom is -0.460 e. The lowest BCUT2D eigenvalue weighted by Gasteiger charge is -2.49. The zero-order valence-electron chi connectivity index (χ0n) is 27.9. The topological polar surface area (TPSA) is 122 Å². The van der Waals surface area contributed by atoms with E-state index in [1.165, 1.54) is 0 Å². The molecule has 1 fully saturated rings. The highest BCUT2D eigenvalue weighted by Gasteiger charge is 2.48. The fourth-order valence-electron chi connectivity index (χ4n) is 6.88. The molecule has 0 radical (unpaired) electrons. The summed E-state index contributed by atoms with van der Waals surface area (Å²) in [6.45, 7) is 5.87. The van der Waals surface area contributed by atoms with Crippen LogP contribution in [-0.2, 0) is 37.2 Å². The Hall–Kier alpha value is -3.73. The number of carbonyl (C=O) groups is 3. The maximum absolute atomic E-state index is 14.4. The standard InChI is InChI=1S/C37H44ClN3O6S/c1-37(2,3)47-32(42)23-25-15-13-24(14-16-25)21-22-39-35(43)33-28-9-5-6-10-29(28)36(44)41(34(33)26-17-19-27(38)20-18-26)31-12-8-7-11-30(31)40-48(4,45)46/h5-6,9-10,13-20,30-31,33-34,40H,7-8,11-12,21-23H2,1-4H3,(H,39,43)/t30-,31-,33+,34-/m0/s1. The summed E-state index contributed by atoms with van der Waals surface area (Å²) >= 11 is 6.27. The molecule has 1 aliphatic heterocycles. The van der Waals surface area contributed by atoms with Gasteiger partial charge in [-0.15, -0.1) is 0 Å². The van der Waals surface area contributed by atoms with Crippen molar-refractivity contribution >= 4 is 39.4 Å². The van der Waals surface area contributed by atoms with Gasteiger partial charge in [-0.2, -0.15) is 0 Å². The first kappa shape index (κ1) is 35.6. The van der Waals surface area contributed by atoms with Gasteiger partial charge >= 0.3 is 5.97 Å². The molecule has 3 aromatic carbocycles. The number of rotatable bonds is 10. The van der Waals surface area contributed by atoms with Gasteiger partial charge in [0.05, 0.1) is 24.6 Å². The number of amides is 2. The molecule has 2 aliphatic rings. The molecule has 48 heavy (non-hydrogen) atoms. The highest BCUT2D eigenvalue weighted by molar-refractivity contribution is 7.88. The highest BCUT2D eigenvalue weighted by Crippen LogP contribution is 2.46. The molecule has 9 nitrogen and oxygen atoms in total. The van der Waals surface area contributed by atoms with Gasteiger partial charge in [-0.1, -0.05) is 79.0 Å². The van der Waals surface area contributed by atoms with Crippen LogP contribution in [0.4, 0.5) is 0 Å². The summed E-state index contributed by atoms with van der Waals surface area (Å²) in [6.07, 6.45) is 4.72. The van der Waals surface area contributed by atoms with E-state index in [9.17, 15) is 22.8 Å². The summed E-state index contributed by atoms with van der Waals surface area (Å²) < 4.78 is 33.0. The SMILES string of the molecule is CC(C)(C)OC(=O)Cc1ccc(CCNC(=O)[C@@H]2c3ccccc3C(=O)N([C@H]3CCCC[C@@H]3NS(C)(=O)=O)[C@H]2c2ccc(Cl)cc2)cc1. The van der Waals surface area contributed by atoms with Crippen molar-refractivity contribution in [2.45, 2.75) is 88.9 Å². The zero-order valence-corrected chi connectivity index (χ0v) is 29.4. The fourth-order valence-corrected chi connectivity index (χ4v) is 7.83. The minimum atomic E-state index is -3.55. The second kappa shape index (κ2) is 14.8. The molecule has 11 heteroatoms. The van der Waals surface area contributed by atoms with E-state index in [0.717, 1.165) is 35.8 Å². The van der Waals surface area contributed by atoms with Crippen molar-refractivity contribution in [3.05, 3.63) is 106 Å². The number of hydrogen-bond donors (Lipinski definition) is 2. The van der Waals surface area contributed by atoms with Gasteiger partial charge in [-0.25, -0.2) is 13.1 Å². The quantitative estimate of drug-likeness (QED) is 0.262. The summed E-state index contributed by atoms with van der Waals surface area (Å²) in [4.78, 5) is 42.7. The third-order valence-corrected chi connectivity index (χ3v) is 9.81. The summed E-state index contributed by atoms with van der Waals surface area (Å²) in [7, 11) is -3.55. The average Bonchev–Trinajstić information content (AvgIpc) is 3.01. The molecule has 3 aromatic rings. The van der Waals surface area contributed by atoms with Crippen molar-refractivity contribution in [1.29, 1.82) is 0 Å². The van der Waals surface area contributed by atoms with Crippen molar-refractivity contribution in [2.24, 2.45) is 0 Å². The lowest BCUT2D eigenvalue weighted by molar-refractivity contribution is -0.153. The van der Waals surface area contributed by atoms with Gasteiger partial charge in [0, 0.05) is 29.2 Å². The third kappa shape index (κ3) is 8.84. The van der Waals surface area contributed by atoms with E-state index in [1.54, 1.807) is 29.2 Å². The molecule has 1 aliphatic carbocycles. The summed E-state index contributed by atoms with van der Waals surface area (Å²) in [5, 5.41) is 3.65. The van der Waals surface area contributed by atoms with E-state index in [1.807, 2.05) is 69.3 Å². The molecule has 256 valence electrons. The monoisotopic (exact) mass is 693 g/mol. The number of sulfonamides is 1. The van der Waals surface area contributed by atoms with E-state index < -0.39 is 39.7 Å². The molecule has 1 heterocycles. The van der Waals surface area contributed by atoms with Gasteiger partial charge in [0.25, 0.3) is 5.91 Å². The second-order valence-corrected chi connectivity index (χ2v) is 16.0. The average molecular weight is 694 g/mol. The predicted octanol–water partition coefficient (Wildman–Crippen LogP) is 5.72. The van der Waals surface area contributed by atoms with Gasteiger partial charge in [0.2, 0.25) is 15.9 Å². The smallest absolute Gasteiger partial charge is 0.310 e. The number of ether oxygens (including phenoxy) is 1. The molecule has 0 unspecified atom stereocenters. The molecule has 5 rings (SSSR count). The van der Waals surface area contributed by atoms with Crippen molar-refractivity contribution in [1.82, 2.24) is 14.9 Å². The molecule has 4 atom stereocenters. The van der Waals surface area contributed by atoms with Crippen LogP contribution in [0.2, 0.25) is 5.02 Å². The van der Waals surface area contributed by atoms with Gasteiger partial charge in [-0.05, 0) is 80.5 Å². The van der Waals surface area contributed by atoms with E-state index >= 15 is 0 Å². The van der Waals surface area contributed by atoms with E-state index in [0.29, 0.717) is 42.0 Å². The van der Waals surface area contributed by atoms with Crippen molar-refractivity contribution in [2.75, 3.05) is 12.8 Å². The van der Waals surface area contributed by atoms with Gasteiger partial charge < -0.3 is 15.0 Å². The predicted molar refractivity (Wildman–Crippen MR) is 186 cm³/mol. The lowest BCUT2D eigenvalue weighted by atomic mass is 9.76. The van der Waals surface area contributed by atoms with Crippen LogP contribution in [0.5, 0.6) is 0 Å². The number of fused-ring (bicyclic) bond motifs is 1. The third-order valence-electron chi connectivity index (χ3n) is 8.83. The normalized spacial score (nSPS) is 21.4. The van der Waals surface area contributed by atoms with Crippen LogP contribution in [0.15, 0.2) is 72.8 Å². The summed E-state index contributed by atoms with van der Waals surface area (Å²) in [5.41, 5.74) is 3.11. The zero-order chi connectivity index (χ0) is 34.6. The number of hydrogen-bond acceptors (Lipinski definition) is 6. The fraction of sp³-hybridized carbons (Fsp3) is 0.432. The van der Waals surface area contributed by atoms with Crippen LogP contribution >= 0.6 is 11.6 Å². The Bertz CT molecular complexity index is 1740. The molecule has 0 aromatic heterocycles. The van der Waals surface area contributed by atoms with E-state index in [-0.39, 0.29) is 24.2 Å². The number of nitrogens with one attached hydrogen (secondary N) is 2. The number of esters is 1. The molecule has 2 N–H and O–H groups in total. The Morgan fingerprint density at radius 3 is 2.25 bits per heavy atom. The molecule has 1 saturated carbocycles. The molecule has 2 amide bonds. The number of carbonyl (C=O) groups excluding carboxylic acids is 3. The van der Waals surface area contributed by atoms with Gasteiger partial charge in [0.1, 0.15) is 5.60 Å². The molecule has 0 spiro atoms. The summed E-state index contributed by atoms with van der Waals surface area (Å²) in [6, 6.07) is 20.4. The van der Waals surface area contributed by atoms with Crippen LogP contribution < -0.4 is 10.0 Å². The minimum absolute atomic E-state index is 0.179. The first-order valence-corrected chi connectivity index (χ1v) is 18.7. The first-order valence-electron chi connectivity index (χ1n) is 16.4. The number of benzene rings is 3. The summed E-state index contributed by atoms with van der Waals surface area (Å²) in [5.74, 6) is -1.50. The van der Waals surface area contributed by atoms with Crippen molar-refractivity contribution in [3.63, 3.8) is 0 Å². The van der Waals surface area contributed by atoms with Gasteiger partial charge in [-0.3, -0.25) is 14.4 Å². The molecular weight excluding hydrogens is 650 g/mol. The number of nitrogens with zero attached hydrogens (tertiary/aromatic N) is 1. The molecule has 0 bridgehead atoms. The Morgan fingerprint density at radius 2 is 1.58 bits per heavy atom. The maximum atomic E-state index is 14.4. The molecule has 0 saturated heterocycles. The van der Waals surface area contributed by atoms with Crippen LogP contribution in [0, 0.1) is 0 Å².